The van der Waals surface area contributed by atoms with E-state index in [0.29, 0.717) is 6.54 Å². The van der Waals surface area contributed by atoms with Gasteiger partial charge in [-0.25, -0.2) is 4.98 Å². The smallest absolute Gasteiger partial charge is 0.271 e. The second-order valence-electron chi connectivity index (χ2n) is 3.48. The number of aromatic nitrogens is 2. The Bertz CT molecular complexity index is 463. The summed E-state index contributed by atoms with van der Waals surface area (Å²) in [5, 5.41) is 16.5. The third-order valence-corrected chi connectivity index (χ3v) is 2.48. The molecule has 0 amide bonds. The van der Waals surface area contributed by atoms with E-state index < -0.39 is 5.25 Å². The van der Waals surface area contributed by atoms with E-state index in [9.17, 15) is 10.2 Å². The minimum Gasteiger partial charge on any atom is -0.350 e. The summed E-state index contributed by atoms with van der Waals surface area (Å²) < 4.78 is 1.82. The van der Waals surface area contributed by atoms with Gasteiger partial charge in [-0.2, -0.15) is 0 Å². The van der Waals surface area contributed by atoms with Crippen molar-refractivity contribution >= 4 is 11.6 Å². The summed E-state index contributed by atoms with van der Waals surface area (Å²) in [5.41, 5.74) is 1.02. The Labute approximate surface area is 97.7 Å². The van der Waals surface area contributed by atoms with Gasteiger partial charge in [0.25, 0.3) is 5.25 Å². The van der Waals surface area contributed by atoms with Crippen molar-refractivity contribution in [1.82, 2.24) is 9.55 Å². The van der Waals surface area contributed by atoms with E-state index in [0.717, 1.165) is 5.56 Å². The van der Waals surface area contributed by atoms with E-state index in [4.69, 9.17) is 11.6 Å². The lowest BCUT2D eigenvalue weighted by molar-refractivity contribution is -0.0908. The molecule has 1 aromatic carbocycles. The van der Waals surface area contributed by atoms with Gasteiger partial charge in [0.05, 0.1) is 6.33 Å². The SMILES string of the molecule is OC(O)(Cl)c1ccccc1Cn1ccnc1. The number of rotatable bonds is 3. The molecule has 0 aliphatic heterocycles. The van der Waals surface area contributed by atoms with Gasteiger partial charge < -0.3 is 14.8 Å². The van der Waals surface area contributed by atoms with Gasteiger partial charge in [0.15, 0.2) is 0 Å². The number of nitrogens with zero attached hydrogens (tertiary/aromatic N) is 2. The molecule has 4 nitrogen and oxygen atoms in total. The summed E-state index contributed by atoms with van der Waals surface area (Å²) in [6, 6.07) is 6.90. The molecular formula is C11H11ClN2O2. The maximum absolute atomic E-state index is 9.39. The van der Waals surface area contributed by atoms with Crippen LogP contribution in [0.5, 0.6) is 0 Å². The predicted octanol–water partition coefficient (Wildman–Crippen LogP) is 1.27. The highest BCUT2D eigenvalue weighted by atomic mass is 35.5. The zero-order valence-electron chi connectivity index (χ0n) is 8.42. The van der Waals surface area contributed by atoms with E-state index in [1.807, 2.05) is 10.6 Å². The van der Waals surface area contributed by atoms with E-state index >= 15 is 0 Å². The van der Waals surface area contributed by atoms with Crippen molar-refractivity contribution in [3.05, 3.63) is 54.1 Å². The van der Waals surface area contributed by atoms with Gasteiger partial charge in [-0.15, -0.1) is 0 Å². The fourth-order valence-corrected chi connectivity index (χ4v) is 1.73. The van der Waals surface area contributed by atoms with Gasteiger partial charge in [-0.1, -0.05) is 35.9 Å². The highest BCUT2D eigenvalue weighted by Crippen LogP contribution is 2.26. The van der Waals surface area contributed by atoms with Crippen LogP contribution in [-0.2, 0) is 11.8 Å². The third-order valence-electron chi connectivity index (χ3n) is 2.27. The van der Waals surface area contributed by atoms with Crippen LogP contribution >= 0.6 is 11.6 Å². The molecule has 1 heterocycles. The Morgan fingerprint density at radius 1 is 1.31 bits per heavy atom. The first-order valence-electron chi connectivity index (χ1n) is 4.75. The summed E-state index contributed by atoms with van der Waals surface area (Å²) in [4.78, 5) is 3.92. The summed E-state index contributed by atoms with van der Waals surface area (Å²) in [6.45, 7) is 0.492. The van der Waals surface area contributed by atoms with E-state index in [1.165, 1.54) is 0 Å². The monoisotopic (exact) mass is 238 g/mol. The molecule has 0 aliphatic carbocycles. The molecule has 16 heavy (non-hydrogen) atoms. The molecule has 2 aromatic rings. The maximum atomic E-state index is 9.39. The van der Waals surface area contributed by atoms with Crippen LogP contribution in [0.1, 0.15) is 11.1 Å². The van der Waals surface area contributed by atoms with E-state index in [-0.39, 0.29) is 5.56 Å². The Hall–Kier alpha value is -1.36. The summed E-state index contributed by atoms with van der Waals surface area (Å²) in [7, 11) is 0. The zero-order valence-corrected chi connectivity index (χ0v) is 9.17. The number of hydrogen-bond acceptors (Lipinski definition) is 3. The van der Waals surface area contributed by atoms with Crippen LogP contribution < -0.4 is 0 Å². The third kappa shape index (κ3) is 2.41. The van der Waals surface area contributed by atoms with Crippen LogP contribution in [0.4, 0.5) is 0 Å². The number of benzene rings is 1. The molecule has 0 atom stereocenters. The minimum atomic E-state index is -2.34. The minimum absolute atomic E-state index is 0.283. The summed E-state index contributed by atoms with van der Waals surface area (Å²) in [6.07, 6.45) is 5.11. The van der Waals surface area contributed by atoms with Gasteiger partial charge in [0, 0.05) is 24.5 Å². The molecule has 0 saturated carbocycles. The van der Waals surface area contributed by atoms with Crippen molar-refractivity contribution in [2.24, 2.45) is 0 Å². The number of imidazole rings is 1. The van der Waals surface area contributed by atoms with Crippen molar-refractivity contribution in [1.29, 1.82) is 0 Å². The summed E-state index contributed by atoms with van der Waals surface area (Å²) in [5.74, 6) is 0. The topological polar surface area (TPSA) is 58.3 Å². The Balaban J connectivity index is 2.34. The normalized spacial score (nSPS) is 11.7. The molecule has 0 aliphatic rings. The van der Waals surface area contributed by atoms with Crippen LogP contribution in [0, 0.1) is 0 Å². The van der Waals surface area contributed by atoms with Crippen molar-refractivity contribution in [2.75, 3.05) is 0 Å². The van der Waals surface area contributed by atoms with Gasteiger partial charge in [-0.05, 0) is 5.56 Å². The Morgan fingerprint density at radius 3 is 2.69 bits per heavy atom. The molecule has 0 saturated heterocycles. The molecule has 5 heteroatoms. The van der Waals surface area contributed by atoms with Gasteiger partial charge in [-0.3, -0.25) is 0 Å². The van der Waals surface area contributed by atoms with Crippen molar-refractivity contribution < 1.29 is 10.2 Å². The number of hydrogen-bond donors (Lipinski definition) is 2. The van der Waals surface area contributed by atoms with Gasteiger partial charge >= 0.3 is 0 Å². The highest BCUT2D eigenvalue weighted by Gasteiger charge is 2.24. The lowest BCUT2D eigenvalue weighted by Crippen LogP contribution is -2.19. The molecule has 2 N–H and O–H groups in total. The largest absolute Gasteiger partial charge is 0.350 e. The second-order valence-corrected chi connectivity index (χ2v) is 4.01. The fraction of sp³-hybridized carbons (Fsp3) is 0.182. The van der Waals surface area contributed by atoms with Crippen molar-refractivity contribution in [2.45, 2.75) is 11.8 Å². The number of halogens is 1. The number of alkyl halides is 1. The quantitative estimate of drug-likeness (QED) is 0.625. The molecular weight excluding hydrogens is 228 g/mol. The fourth-order valence-electron chi connectivity index (χ4n) is 1.55. The van der Waals surface area contributed by atoms with Gasteiger partial charge in [0.2, 0.25) is 0 Å². The molecule has 0 unspecified atom stereocenters. The molecule has 0 radical (unpaired) electrons. The summed E-state index contributed by atoms with van der Waals surface area (Å²) >= 11 is 5.49. The molecule has 1 aromatic heterocycles. The molecule has 84 valence electrons. The van der Waals surface area contributed by atoms with Crippen LogP contribution in [0.25, 0.3) is 0 Å². The van der Waals surface area contributed by atoms with E-state index in [2.05, 4.69) is 4.98 Å². The van der Waals surface area contributed by atoms with Crippen LogP contribution in [0.3, 0.4) is 0 Å². The van der Waals surface area contributed by atoms with E-state index in [1.54, 1.807) is 36.9 Å². The number of aliphatic hydroxyl groups is 2. The average Bonchev–Trinajstić information content (AvgIpc) is 2.70. The lowest BCUT2D eigenvalue weighted by Gasteiger charge is -2.17. The molecule has 0 spiro atoms. The lowest BCUT2D eigenvalue weighted by atomic mass is 10.1. The van der Waals surface area contributed by atoms with Crippen LogP contribution in [-0.4, -0.2) is 19.8 Å². The highest BCUT2D eigenvalue weighted by molar-refractivity contribution is 6.21. The maximum Gasteiger partial charge on any atom is 0.271 e. The predicted molar refractivity (Wildman–Crippen MR) is 59.7 cm³/mol. The second kappa shape index (κ2) is 4.25. The zero-order chi connectivity index (χ0) is 11.6. The van der Waals surface area contributed by atoms with Crippen molar-refractivity contribution in [3.8, 4) is 0 Å². The van der Waals surface area contributed by atoms with Crippen LogP contribution in [0.2, 0.25) is 0 Å². The Kier molecular flexibility index (Phi) is 2.96. The van der Waals surface area contributed by atoms with Crippen LogP contribution in [0.15, 0.2) is 43.0 Å². The standard InChI is InChI=1S/C11H11ClN2O2/c12-11(15,16)10-4-2-1-3-9(10)7-14-6-5-13-8-14/h1-6,8,15-16H,7H2. The Morgan fingerprint density at radius 2 is 2.06 bits per heavy atom. The molecule has 0 fully saturated rings. The molecule has 0 bridgehead atoms. The average molecular weight is 239 g/mol. The molecule has 2 rings (SSSR count). The first kappa shape index (κ1) is 11.1. The first-order valence-corrected chi connectivity index (χ1v) is 5.13. The first-order chi connectivity index (χ1) is 7.57. The van der Waals surface area contributed by atoms with Crippen molar-refractivity contribution in [3.63, 3.8) is 0 Å². The van der Waals surface area contributed by atoms with Gasteiger partial charge in [0.1, 0.15) is 0 Å².